The van der Waals surface area contributed by atoms with E-state index in [-0.39, 0.29) is 5.69 Å². The van der Waals surface area contributed by atoms with E-state index in [9.17, 15) is 10.1 Å². The number of anilines is 1. The molecule has 0 fully saturated rings. The first-order valence-corrected chi connectivity index (χ1v) is 11.1. The Hall–Kier alpha value is -2.43. The molecule has 2 aliphatic rings. The SMILES string of the molecule is CCSC1=NN2C(=S)N(c3ccccc3C)C(c3cccc([N+](=O)[O-])c3)N=C2S1. The standard InChI is InChI=1S/C19H17N5O2S3/c1-3-28-18-21-23-17(29-18)20-16(13-8-6-9-14(11-13)24(25)26)22(19(23)27)15-10-5-4-7-12(15)2/h4-11,16H,3H2,1-2H3. The molecule has 7 nitrogen and oxygen atoms in total. The summed E-state index contributed by atoms with van der Waals surface area (Å²) in [4.78, 5) is 17.7. The molecule has 0 aliphatic carbocycles. The fraction of sp³-hybridized carbons (Fsp3) is 0.211. The monoisotopic (exact) mass is 443 g/mol. The molecule has 0 saturated heterocycles. The van der Waals surface area contributed by atoms with E-state index in [4.69, 9.17) is 17.2 Å². The van der Waals surface area contributed by atoms with Gasteiger partial charge in [-0.1, -0.05) is 49.0 Å². The Bertz CT molecular complexity index is 1060. The van der Waals surface area contributed by atoms with Crippen molar-refractivity contribution in [2.45, 2.75) is 20.0 Å². The van der Waals surface area contributed by atoms with Gasteiger partial charge in [-0.25, -0.2) is 4.99 Å². The van der Waals surface area contributed by atoms with Gasteiger partial charge in [0.2, 0.25) is 5.11 Å². The van der Waals surface area contributed by atoms with Crippen LogP contribution in [0.25, 0.3) is 0 Å². The lowest BCUT2D eigenvalue weighted by Gasteiger charge is -2.38. The zero-order valence-electron chi connectivity index (χ0n) is 15.7. The van der Waals surface area contributed by atoms with Gasteiger partial charge in [0, 0.05) is 23.4 Å². The van der Waals surface area contributed by atoms with Crippen LogP contribution in [-0.4, -0.2) is 30.3 Å². The molecule has 148 valence electrons. The van der Waals surface area contributed by atoms with Gasteiger partial charge in [0.25, 0.3) is 5.69 Å². The lowest BCUT2D eigenvalue weighted by atomic mass is 10.1. The molecule has 4 rings (SSSR count). The van der Waals surface area contributed by atoms with Crippen molar-refractivity contribution in [3.05, 3.63) is 69.8 Å². The molecule has 0 radical (unpaired) electrons. The van der Waals surface area contributed by atoms with E-state index in [1.165, 1.54) is 17.8 Å². The van der Waals surface area contributed by atoms with Crippen LogP contribution in [0.3, 0.4) is 0 Å². The summed E-state index contributed by atoms with van der Waals surface area (Å²) < 4.78 is 0.887. The molecule has 0 N–H and O–H groups in total. The number of hydrogen-bond acceptors (Lipinski definition) is 7. The zero-order valence-corrected chi connectivity index (χ0v) is 18.1. The van der Waals surface area contributed by atoms with Crippen molar-refractivity contribution in [2.75, 3.05) is 10.7 Å². The summed E-state index contributed by atoms with van der Waals surface area (Å²) in [7, 11) is 0. The van der Waals surface area contributed by atoms with Crippen LogP contribution in [0.15, 0.2) is 58.6 Å². The first-order chi connectivity index (χ1) is 14.0. The van der Waals surface area contributed by atoms with Gasteiger partial charge in [-0.05, 0) is 48.3 Å². The number of non-ortho nitro benzene ring substituents is 1. The maximum atomic E-state index is 11.3. The fourth-order valence-electron chi connectivity index (χ4n) is 3.11. The molecule has 2 aromatic carbocycles. The van der Waals surface area contributed by atoms with Gasteiger partial charge >= 0.3 is 0 Å². The number of para-hydroxylation sites is 1. The second-order valence-corrected chi connectivity index (χ2v) is 9.12. The maximum absolute atomic E-state index is 11.3. The molecule has 0 spiro atoms. The predicted molar refractivity (Wildman–Crippen MR) is 125 cm³/mol. The number of hydrazone groups is 1. The van der Waals surface area contributed by atoms with Crippen molar-refractivity contribution in [1.29, 1.82) is 0 Å². The number of thiocarbonyl (C=S) groups is 1. The van der Waals surface area contributed by atoms with Crippen molar-refractivity contribution >= 4 is 61.8 Å². The number of fused-ring (bicyclic) bond motifs is 1. The number of benzene rings is 2. The number of thioether (sulfide) groups is 2. The molecule has 2 aromatic rings. The first-order valence-electron chi connectivity index (χ1n) is 8.90. The molecule has 2 heterocycles. The maximum Gasteiger partial charge on any atom is 0.269 e. The Morgan fingerprint density at radius 1 is 1.28 bits per heavy atom. The third kappa shape index (κ3) is 3.75. The topological polar surface area (TPSA) is 74.3 Å². The molecule has 2 aliphatic heterocycles. The van der Waals surface area contributed by atoms with E-state index < -0.39 is 11.1 Å². The van der Waals surface area contributed by atoms with Crippen molar-refractivity contribution < 1.29 is 4.92 Å². The smallest absolute Gasteiger partial charge is 0.269 e. The number of nitrogens with zero attached hydrogens (tertiary/aromatic N) is 5. The average molecular weight is 444 g/mol. The Balaban J connectivity index is 1.84. The number of aliphatic imine (C=N–C) groups is 1. The van der Waals surface area contributed by atoms with E-state index in [0.29, 0.717) is 15.8 Å². The van der Waals surface area contributed by atoms with E-state index in [1.54, 1.807) is 28.9 Å². The Morgan fingerprint density at radius 3 is 2.79 bits per heavy atom. The second-order valence-electron chi connectivity index (χ2n) is 6.29. The quantitative estimate of drug-likeness (QED) is 0.368. The van der Waals surface area contributed by atoms with Crippen LogP contribution in [-0.2, 0) is 0 Å². The summed E-state index contributed by atoms with van der Waals surface area (Å²) in [6, 6.07) is 14.4. The summed E-state index contributed by atoms with van der Waals surface area (Å²) in [5, 5.41) is 18.8. The third-order valence-corrected chi connectivity index (χ3v) is 6.74. The van der Waals surface area contributed by atoms with E-state index in [1.807, 2.05) is 42.2 Å². The van der Waals surface area contributed by atoms with Gasteiger partial charge in [0.05, 0.1) is 4.92 Å². The summed E-state index contributed by atoms with van der Waals surface area (Å²) in [6.45, 7) is 4.07. The summed E-state index contributed by atoms with van der Waals surface area (Å²) in [6.07, 6.45) is -0.511. The van der Waals surface area contributed by atoms with Gasteiger partial charge in [-0.2, -0.15) is 5.01 Å². The normalized spacial score (nSPS) is 18.4. The molecular formula is C19H17N5O2S3. The Labute approximate surface area is 182 Å². The molecule has 1 atom stereocenters. The minimum Gasteiger partial charge on any atom is -0.290 e. The third-order valence-electron chi connectivity index (χ3n) is 4.43. The predicted octanol–water partition coefficient (Wildman–Crippen LogP) is 5.14. The highest BCUT2D eigenvalue weighted by molar-refractivity contribution is 8.45. The molecule has 0 aromatic heterocycles. The van der Waals surface area contributed by atoms with Crippen molar-refractivity contribution in [1.82, 2.24) is 5.01 Å². The van der Waals surface area contributed by atoms with Crippen LogP contribution in [0.2, 0.25) is 0 Å². The van der Waals surface area contributed by atoms with E-state index in [0.717, 1.165) is 21.4 Å². The van der Waals surface area contributed by atoms with Crippen molar-refractivity contribution in [3.63, 3.8) is 0 Å². The number of rotatable bonds is 4. The van der Waals surface area contributed by atoms with Crippen LogP contribution in [0.1, 0.15) is 24.2 Å². The minimum absolute atomic E-state index is 0.0262. The van der Waals surface area contributed by atoms with Crippen LogP contribution >= 0.6 is 35.7 Å². The summed E-state index contributed by atoms with van der Waals surface area (Å²) >= 11 is 8.92. The molecular weight excluding hydrogens is 426 g/mol. The summed E-state index contributed by atoms with van der Waals surface area (Å²) in [5.41, 5.74) is 2.66. The van der Waals surface area contributed by atoms with Crippen molar-refractivity contribution in [3.8, 4) is 0 Å². The lowest BCUT2D eigenvalue weighted by molar-refractivity contribution is -0.384. The van der Waals surface area contributed by atoms with Gasteiger partial charge in [-0.15, -0.1) is 5.10 Å². The lowest BCUT2D eigenvalue weighted by Crippen LogP contribution is -2.47. The number of hydrogen-bond donors (Lipinski definition) is 0. The van der Waals surface area contributed by atoms with Crippen molar-refractivity contribution in [2.24, 2.45) is 10.1 Å². The first kappa shape index (κ1) is 19.9. The molecule has 10 heteroatoms. The highest BCUT2D eigenvalue weighted by atomic mass is 32.2. The minimum atomic E-state index is -0.511. The Morgan fingerprint density at radius 2 is 2.07 bits per heavy atom. The zero-order chi connectivity index (χ0) is 20.5. The van der Waals surface area contributed by atoms with Crippen LogP contribution in [0, 0.1) is 17.0 Å². The van der Waals surface area contributed by atoms with Crippen LogP contribution in [0.4, 0.5) is 11.4 Å². The highest BCUT2D eigenvalue weighted by Crippen LogP contribution is 2.40. The van der Waals surface area contributed by atoms with E-state index >= 15 is 0 Å². The Kier molecular flexibility index (Phi) is 5.57. The van der Waals surface area contributed by atoms with Crippen LogP contribution in [0.5, 0.6) is 0 Å². The number of aryl methyl sites for hydroxylation is 1. The average Bonchev–Trinajstić information content (AvgIpc) is 3.12. The number of nitro groups is 1. The molecule has 29 heavy (non-hydrogen) atoms. The van der Waals surface area contributed by atoms with Crippen LogP contribution < -0.4 is 4.90 Å². The summed E-state index contributed by atoms with van der Waals surface area (Å²) in [5.74, 6) is 0.898. The molecule has 0 bridgehead atoms. The van der Waals surface area contributed by atoms with Gasteiger partial charge in [0.1, 0.15) is 0 Å². The van der Waals surface area contributed by atoms with E-state index in [2.05, 4.69) is 12.0 Å². The van der Waals surface area contributed by atoms with Gasteiger partial charge in [-0.3, -0.25) is 15.0 Å². The number of nitro benzene ring substituents is 1. The molecule has 0 saturated carbocycles. The fourth-order valence-corrected chi connectivity index (χ4v) is 5.34. The highest BCUT2D eigenvalue weighted by Gasteiger charge is 2.39. The molecule has 0 amide bonds. The van der Waals surface area contributed by atoms with Gasteiger partial charge in [0.15, 0.2) is 15.7 Å². The second kappa shape index (κ2) is 8.13. The number of amidine groups is 1. The largest absolute Gasteiger partial charge is 0.290 e. The van der Waals surface area contributed by atoms with Gasteiger partial charge < -0.3 is 0 Å². The molecule has 1 unspecified atom stereocenters.